The van der Waals surface area contributed by atoms with Crippen molar-refractivity contribution in [2.24, 2.45) is 0 Å². The minimum absolute atomic E-state index is 0.129. The molecule has 1 aromatic rings. The molecule has 1 rings (SSSR count). The first-order chi connectivity index (χ1) is 8.39. The molecular weight excluding hydrogens is 220 g/mol. The van der Waals surface area contributed by atoms with Crippen molar-refractivity contribution in [3.8, 4) is 0 Å². The molecule has 1 N–H and O–H groups in total. The first-order valence-corrected chi connectivity index (χ1v) is 6.89. The van der Waals surface area contributed by atoms with Crippen LogP contribution in [-0.4, -0.2) is 26.2 Å². The van der Waals surface area contributed by atoms with E-state index in [4.69, 9.17) is 0 Å². The predicted molar refractivity (Wildman–Crippen MR) is 81.6 cm³/mol. The van der Waals surface area contributed by atoms with Gasteiger partial charge in [0.05, 0.1) is 0 Å². The summed E-state index contributed by atoms with van der Waals surface area (Å²) in [7, 11) is 4.16. The lowest BCUT2D eigenvalue weighted by Gasteiger charge is -2.31. The van der Waals surface area contributed by atoms with Crippen molar-refractivity contribution >= 4 is 5.69 Å². The highest BCUT2D eigenvalue weighted by molar-refractivity contribution is 5.47. The number of hydrogen-bond acceptors (Lipinski definition) is 2. The van der Waals surface area contributed by atoms with E-state index < -0.39 is 0 Å². The van der Waals surface area contributed by atoms with Crippen molar-refractivity contribution in [1.82, 2.24) is 5.32 Å². The summed E-state index contributed by atoms with van der Waals surface area (Å²) >= 11 is 0. The average molecular weight is 248 g/mol. The SMILES string of the molecule is CCC(C)c1ccc(N(C)CC(C)(C)NC)cc1. The highest BCUT2D eigenvalue weighted by Gasteiger charge is 2.17. The average Bonchev–Trinajstić information content (AvgIpc) is 2.37. The molecule has 102 valence electrons. The van der Waals surface area contributed by atoms with Crippen molar-refractivity contribution in [3.05, 3.63) is 29.8 Å². The molecule has 0 aliphatic heterocycles. The third kappa shape index (κ3) is 4.02. The van der Waals surface area contributed by atoms with Gasteiger partial charge in [0.25, 0.3) is 0 Å². The Kier molecular flexibility index (Phi) is 5.21. The molecule has 0 saturated heterocycles. The van der Waals surface area contributed by atoms with Crippen molar-refractivity contribution in [1.29, 1.82) is 0 Å². The fourth-order valence-corrected chi connectivity index (χ4v) is 2.06. The first-order valence-electron chi connectivity index (χ1n) is 6.89. The summed E-state index contributed by atoms with van der Waals surface area (Å²) in [6.07, 6.45) is 1.20. The van der Waals surface area contributed by atoms with Gasteiger partial charge in [-0.3, -0.25) is 0 Å². The Morgan fingerprint density at radius 3 is 2.22 bits per heavy atom. The van der Waals surface area contributed by atoms with Gasteiger partial charge in [0.15, 0.2) is 0 Å². The highest BCUT2D eigenvalue weighted by Crippen LogP contribution is 2.22. The maximum absolute atomic E-state index is 3.34. The summed E-state index contributed by atoms with van der Waals surface area (Å²) in [4.78, 5) is 2.30. The van der Waals surface area contributed by atoms with Crippen LogP contribution in [0.1, 0.15) is 45.6 Å². The Balaban J connectivity index is 2.73. The first kappa shape index (κ1) is 15.0. The largest absolute Gasteiger partial charge is 0.373 e. The molecule has 1 atom stereocenters. The van der Waals surface area contributed by atoms with Crippen LogP contribution in [0.25, 0.3) is 0 Å². The molecule has 1 aromatic carbocycles. The van der Waals surface area contributed by atoms with Crippen LogP contribution in [0.15, 0.2) is 24.3 Å². The van der Waals surface area contributed by atoms with Gasteiger partial charge in [-0.2, -0.15) is 0 Å². The second kappa shape index (κ2) is 6.24. The van der Waals surface area contributed by atoms with Gasteiger partial charge in [0.2, 0.25) is 0 Å². The van der Waals surface area contributed by atoms with Gasteiger partial charge in [0.1, 0.15) is 0 Å². The Hall–Kier alpha value is -1.02. The smallest absolute Gasteiger partial charge is 0.0364 e. The molecular formula is C16H28N2. The summed E-state index contributed by atoms with van der Waals surface area (Å²) in [5.41, 5.74) is 2.84. The van der Waals surface area contributed by atoms with E-state index in [2.05, 4.69) is 69.2 Å². The van der Waals surface area contributed by atoms with Gasteiger partial charge in [-0.1, -0.05) is 26.0 Å². The van der Waals surface area contributed by atoms with Gasteiger partial charge in [-0.15, -0.1) is 0 Å². The number of nitrogens with zero attached hydrogens (tertiary/aromatic N) is 1. The standard InChI is InChI=1S/C16H28N2/c1-7-13(2)14-8-10-15(11-9-14)18(6)12-16(3,4)17-5/h8-11,13,17H,7,12H2,1-6H3. The molecule has 0 fully saturated rings. The minimum Gasteiger partial charge on any atom is -0.373 e. The van der Waals surface area contributed by atoms with Crippen molar-refractivity contribution < 1.29 is 0 Å². The number of likely N-dealkylation sites (N-methyl/N-ethyl adjacent to an activating group) is 2. The number of anilines is 1. The molecule has 1 unspecified atom stereocenters. The predicted octanol–water partition coefficient (Wildman–Crippen LogP) is 3.63. The van der Waals surface area contributed by atoms with E-state index in [9.17, 15) is 0 Å². The Bertz CT molecular complexity index is 354. The van der Waals surface area contributed by atoms with Crippen molar-refractivity contribution in [2.45, 2.75) is 45.6 Å². The third-order valence-corrected chi connectivity index (χ3v) is 3.82. The van der Waals surface area contributed by atoms with Crippen LogP contribution in [0.4, 0.5) is 5.69 Å². The number of benzene rings is 1. The zero-order valence-corrected chi connectivity index (χ0v) is 12.7. The van der Waals surface area contributed by atoms with E-state index >= 15 is 0 Å². The number of nitrogens with one attached hydrogen (secondary N) is 1. The zero-order valence-electron chi connectivity index (χ0n) is 12.7. The summed E-state index contributed by atoms with van der Waals surface area (Å²) in [5, 5.41) is 3.34. The van der Waals surface area contributed by atoms with Crippen LogP contribution < -0.4 is 10.2 Å². The van der Waals surface area contributed by atoms with Crippen LogP contribution in [0, 0.1) is 0 Å². The van der Waals surface area contributed by atoms with E-state index in [-0.39, 0.29) is 5.54 Å². The van der Waals surface area contributed by atoms with Crippen molar-refractivity contribution in [3.63, 3.8) is 0 Å². The fourth-order valence-electron chi connectivity index (χ4n) is 2.06. The molecule has 0 heterocycles. The van der Waals surface area contributed by atoms with Gasteiger partial charge in [-0.25, -0.2) is 0 Å². The van der Waals surface area contributed by atoms with E-state index in [0.717, 1.165) is 6.54 Å². The maximum Gasteiger partial charge on any atom is 0.0364 e. The van der Waals surface area contributed by atoms with Gasteiger partial charge in [0, 0.05) is 24.8 Å². The Morgan fingerprint density at radius 1 is 1.22 bits per heavy atom. The molecule has 0 aliphatic rings. The molecule has 0 spiro atoms. The van der Waals surface area contributed by atoms with Gasteiger partial charge in [-0.05, 0) is 50.9 Å². The lowest BCUT2D eigenvalue weighted by molar-refractivity contribution is 0.428. The fraction of sp³-hybridized carbons (Fsp3) is 0.625. The summed E-state index contributed by atoms with van der Waals surface area (Å²) in [5.74, 6) is 0.651. The van der Waals surface area contributed by atoms with E-state index in [1.807, 2.05) is 7.05 Å². The second-order valence-corrected chi connectivity index (χ2v) is 5.89. The minimum atomic E-state index is 0.129. The lowest BCUT2D eigenvalue weighted by Crippen LogP contribution is -2.46. The van der Waals surface area contributed by atoms with Gasteiger partial charge >= 0.3 is 0 Å². The topological polar surface area (TPSA) is 15.3 Å². The number of rotatable bonds is 6. The Morgan fingerprint density at radius 2 is 1.78 bits per heavy atom. The third-order valence-electron chi connectivity index (χ3n) is 3.82. The summed E-state index contributed by atoms with van der Waals surface area (Å²) in [6, 6.07) is 8.97. The van der Waals surface area contributed by atoms with Crippen LogP contribution in [0.2, 0.25) is 0 Å². The molecule has 0 amide bonds. The molecule has 18 heavy (non-hydrogen) atoms. The monoisotopic (exact) mass is 248 g/mol. The molecule has 2 heteroatoms. The highest BCUT2D eigenvalue weighted by atomic mass is 15.1. The summed E-state index contributed by atoms with van der Waals surface area (Å²) < 4.78 is 0. The molecule has 0 radical (unpaired) electrons. The normalized spacial score (nSPS) is 13.4. The van der Waals surface area contributed by atoms with E-state index in [1.165, 1.54) is 17.7 Å². The quantitative estimate of drug-likeness (QED) is 0.827. The lowest BCUT2D eigenvalue weighted by atomic mass is 9.98. The van der Waals surface area contributed by atoms with Crippen LogP contribution >= 0.6 is 0 Å². The van der Waals surface area contributed by atoms with Crippen molar-refractivity contribution in [2.75, 3.05) is 25.5 Å². The van der Waals surface area contributed by atoms with Crippen LogP contribution in [0.3, 0.4) is 0 Å². The molecule has 0 saturated carbocycles. The molecule has 2 nitrogen and oxygen atoms in total. The van der Waals surface area contributed by atoms with E-state index in [1.54, 1.807) is 0 Å². The number of hydrogen-bond donors (Lipinski definition) is 1. The van der Waals surface area contributed by atoms with Crippen LogP contribution in [-0.2, 0) is 0 Å². The van der Waals surface area contributed by atoms with Gasteiger partial charge < -0.3 is 10.2 Å². The Labute approximate surface area is 112 Å². The van der Waals surface area contributed by atoms with E-state index in [0.29, 0.717) is 5.92 Å². The molecule has 0 bridgehead atoms. The maximum atomic E-state index is 3.34. The zero-order chi connectivity index (χ0) is 13.8. The van der Waals surface area contributed by atoms with Crippen LogP contribution in [0.5, 0.6) is 0 Å². The molecule has 0 aliphatic carbocycles. The molecule has 0 aromatic heterocycles. The summed E-state index contributed by atoms with van der Waals surface area (Å²) in [6.45, 7) is 9.95. The second-order valence-electron chi connectivity index (χ2n) is 5.89.